The van der Waals surface area contributed by atoms with Crippen LogP contribution in [0.2, 0.25) is 0 Å². The fraction of sp³-hybridized carbons (Fsp3) is 0.682. The number of benzene rings is 1. The molecule has 2 rings (SSSR count). The van der Waals surface area contributed by atoms with Crippen LogP contribution < -0.4 is 10.5 Å². The molecule has 1 aliphatic rings. The van der Waals surface area contributed by atoms with Crippen molar-refractivity contribution in [1.29, 1.82) is 0 Å². The molecule has 1 atom stereocenters. The SMILES string of the molecule is CCCCCCCCc1ccc(OC)c(C(N)(C(=O)OCC)C2CC2)c1. The van der Waals surface area contributed by atoms with E-state index in [0.29, 0.717) is 12.4 Å². The zero-order valence-electron chi connectivity index (χ0n) is 16.7. The summed E-state index contributed by atoms with van der Waals surface area (Å²) < 4.78 is 10.9. The Labute approximate surface area is 158 Å². The third kappa shape index (κ3) is 5.00. The first-order valence-electron chi connectivity index (χ1n) is 10.2. The van der Waals surface area contributed by atoms with Crippen LogP contribution >= 0.6 is 0 Å². The van der Waals surface area contributed by atoms with E-state index in [0.717, 1.165) is 31.2 Å². The highest BCUT2D eigenvalue weighted by Crippen LogP contribution is 2.47. The van der Waals surface area contributed by atoms with Gasteiger partial charge in [0.25, 0.3) is 0 Å². The predicted octanol–water partition coefficient (Wildman–Crippen LogP) is 4.73. The number of hydrogen-bond donors (Lipinski definition) is 1. The molecule has 4 nitrogen and oxygen atoms in total. The summed E-state index contributed by atoms with van der Waals surface area (Å²) in [5, 5.41) is 0. The van der Waals surface area contributed by atoms with E-state index in [4.69, 9.17) is 15.2 Å². The van der Waals surface area contributed by atoms with E-state index in [9.17, 15) is 4.79 Å². The second-order valence-electron chi connectivity index (χ2n) is 7.42. The van der Waals surface area contributed by atoms with Gasteiger partial charge in [-0.25, -0.2) is 4.79 Å². The molecule has 0 radical (unpaired) electrons. The van der Waals surface area contributed by atoms with Crippen LogP contribution in [0.3, 0.4) is 0 Å². The number of ether oxygens (including phenoxy) is 2. The van der Waals surface area contributed by atoms with Gasteiger partial charge in [-0.05, 0) is 56.2 Å². The molecule has 0 bridgehead atoms. The molecule has 1 unspecified atom stereocenters. The van der Waals surface area contributed by atoms with Gasteiger partial charge in [0.1, 0.15) is 11.3 Å². The van der Waals surface area contributed by atoms with Crippen molar-refractivity contribution in [2.45, 2.75) is 77.2 Å². The smallest absolute Gasteiger partial charge is 0.331 e. The maximum atomic E-state index is 12.7. The standard InChI is InChI=1S/C22H35NO3/c1-4-6-7-8-9-10-11-17-12-15-20(25-3)19(16-17)22(23,18-13-14-18)21(24)26-5-2/h12,15-16,18H,4-11,13-14,23H2,1-3H3. The van der Waals surface area contributed by atoms with E-state index in [1.165, 1.54) is 37.7 Å². The van der Waals surface area contributed by atoms with Gasteiger partial charge in [-0.15, -0.1) is 0 Å². The number of aryl methyl sites for hydroxylation is 1. The minimum absolute atomic E-state index is 0.139. The molecular weight excluding hydrogens is 326 g/mol. The van der Waals surface area contributed by atoms with Crippen molar-refractivity contribution in [2.24, 2.45) is 11.7 Å². The molecule has 26 heavy (non-hydrogen) atoms. The zero-order chi connectivity index (χ0) is 19.0. The lowest BCUT2D eigenvalue weighted by Gasteiger charge is -2.29. The molecule has 0 amide bonds. The maximum Gasteiger partial charge on any atom is 0.331 e. The van der Waals surface area contributed by atoms with Gasteiger partial charge in [0, 0.05) is 5.56 Å². The van der Waals surface area contributed by atoms with Crippen molar-refractivity contribution in [3.05, 3.63) is 29.3 Å². The van der Waals surface area contributed by atoms with E-state index in [1.807, 2.05) is 13.0 Å². The summed E-state index contributed by atoms with van der Waals surface area (Å²) in [6, 6.07) is 6.11. The summed E-state index contributed by atoms with van der Waals surface area (Å²) in [6.07, 6.45) is 10.5. The lowest BCUT2D eigenvalue weighted by atomic mass is 9.84. The van der Waals surface area contributed by atoms with Gasteiger partial charge >= 0.3 is 5.97 Å². The Kier molecular flexibility index (Phi) is 7.95. The number of methoxy groups -OCH3 is 1. The third-order valence-corrected chi connectivity index (χ3v) is 5.36. The molecule has 0 aliphatic heterocycles. The Morgan fingerprint density at radius 2 is 1.85 bits per heavy atom. The van der Waals surface area contributed by atoms with Gasteiger partial charge < -0.3 is 15.2 Å². The van der Waals surface area contributed by atoms with Crippen molar-refractivity contribution in [2.75, 3.05) is 13.7 Å². The number of rotatable bonds is 12. The number of unbranched alkanes of at least 4 members (excludes halogenated alkanes) is 5. The van der Waals surface area contributed by atoms with E-state index in [-0.39, 0.29) is 11.9 Å². The van der Waals surface area contributed by atoms with E-state index in [2.05, 4.69) is 19.1 Å². The van der Waals surface area contributed by atoms with Gasteiger partial charge in [-0.1, -0.05) is 45.1 Å². The fourth-order valence-electron chi connectivity index (χ4n) is 3.63. The second kappa shape index (κ2) is 9.96. The van der Waals surface area contributed by atoms with E-state index < -0.39 is 5.54 Å². The quantitative estimate of drug-likeness (QED) is 0.432. The fourth-order valence-corrected chi connectivity index (χ4v) is 3.63. The van der Waals surface area contributed by atoms with Crippen molar-refractivity contribution in [1.82, 2.24) is 0 Å². The largest absolute Gasteiger partial charge is 0.496 e. The van der Waals surface area contributed by atoms with Crippen molar-refractivity contribution >= 4 is 5.97 Å². The van der Waals surface area contributed by atoms with Crippen LogP contribution in [0.1, 0.15) is 76.3 Å². The minimum atomic E-state index is -1.10. The Morgan fingerprint density at radius 1 is 1.15 bits per heavy atom. The van der Waals surface area contributed by atoms with Crippen molar-refractivity contribution in [3.8, 4) is 5.75 Å². The van der Waals surface area contributed by atoms with E-state index >= 15 is 0 Å². The topological polar surface area (TPSA) is 61.5 Å². The maximum absolute atomic E-state index is 12.7. The minimum Gasteiger partial charge on any atom is -0.496 e. The first-order valence-corrected chi connectivity index (χ1v) is 10.2. The first kappa shape index (κ1) is 20.8. The molecule has 0 spiro atoms. The van der Waals surface area contributed by atoms with Crippen LogP contribution in [0.15, 0.2) is 18.2 Å². The molecule has 0 saturated heterocycles. The molecule has 0 aromatic heterocycles. The normalized spacial score (nSPS) is 16.2. The monoisotopic (exact) mass is 361 g/mol. The van der Waals surface area contributed by atoms with Gasteiger partial charge in [0.15, 0.2) is 0 Å². The van der Waals surface area contributed by atoms with Crippen molar-refractivity contribution in [3.63, 3.8) is 0 Å². The Hall–Kier alpha value is -1.55. The molecule has 1 fully saturated rings. The molecule has 146 valence electrons. The van der Waals surface area contributed by atoms with Crippen LogP contribution in [0.25, 0.3) is 0 Å². The summed E-state index contributed by atoms with van der Waals surface area (Å²) in [4.78, 5) is 12.7. The Balaban J connectivity index is 2.13. The number of carbonyl (C=O) groups is 1. The Bertz CT molecular complexity index is 583. The average Bonchev–Trinajstić information content (AvgIpc) is 3.49. The summed E-state index contributed by atoms with van der Waals surface area (Å²) in [5.41, 5.74) is 7.56. The molecule has 1 aromatic rings. The third-order valence-electron chi connectivity index (χ3n) is 5.36. The van der Waals surface area contributed by atoms with Gasteiger partial charge in [0.05, 0.1) is 13.7 Å². The molecule has 2 N–H and O–H groups in total. The first-order chi connectivity index (χ1) is 12.6. The summed E-state index contributed by atoms with van der Waals surface area (Å²) in [6.45, 7) is 4.39. The number of carbonyl (C=O) groups excluding carboxylic acids is 1. The number of hydrogen-bond acceptors (Lipinski definition) is 4. The Morgan fingerprint density at radius 3 is 2.46 bits per heavy atom. The number of nitrogens with two attached hydrogens (primary N) is 1. The average molecular weight is 362 g/mol. The summed E-state index contributed by atoms with van der Waals surface area (Å²) in [7, 11) is 1.63. The van der Waals surface area contributed by atoms with Crippen LogP contribution in [-0.4, -0.2) is 19.7 Å². The zero-order valence-corrected chi connectivity index (χ0v) is 16.7. The molecule has 1 saturated carbocycles. The van der Waals surface area contributed by atoms with Gasteiger partial charge in [0.2, 0.25) is 0 Å². The highest BCUT2D eigenvalue weighted by atomic mass is 16.5. The van der Waals surface area contributed by atoms with Crippen molar-refractivity contribution < 1.29 is 14.3 Å². The van der Waals surface area contributed by atoms with Crippen LogP contribution in [0, 0.1) is 5.92 Å². The van der Waals surface area contributed by atoms with Crippen LogP contribution in [-0.2, 0) is 21.5 Å². The molecule has 1 aliphatic carbocycles. The predicted molar refractivity (Wildman–Crippen MR) is 105 cm³/mol. The van der Waals surface area contributed by atoms with Gasteiger partial charge in [-0.2, -0.15) is 0 Å². The highest BCUT2D eigenvalue weighted by molar-refractivity contribution is 5.84. The number of esters is 1. The van der Waals surface area contributed by atoms with E-state index in [1.54, 1.807) is 7.11 Å². The van der Waals surface area contributed by atoms with Crippen LogP contribution in [0.5, 0.6) is 5.75 Å². The second-order valence-corrected chi connectivity index (χ2v) is 7.42. The molecular formula is C22H35NO3. The molecule has 1 aromatic carbocycles. The highest BCUT2D eigenvalue weighted by Gasteiger charge is 2.52. The lowest BCUT2D eigenvalue weighted by Crippen LogP contribution is -2.48. The van der Waals surface area contributed by atoms with Crippen LogP contribution in [0.4, 0.5) is 0 Å². The molecule has 0 heterocycles. The van der Waals surface area contributed by atoms with Gasteiger partial charge in [-0.3, -0.25) is 0 Å². The summed E-state index contributed by atoms with van der Waals surface area (Å²) >= 11 is 0. The summed E-state index contributed by atoms with van der Waals surface area (Å²) in [5.74, 6) is 0.483. The lowest BCUT2D eigenvalue weighted by molar-refractivity contribution is -0.151. The molecule has 4 heteroatoms.